The fraction of sp³-hybridized carbons (Fsp3) is 0.188. The summed E-state index contributed by atoms with van der Waals surface area (Å²) in [5.74, 6) is -1.04. The Kier molecular flexibility index (Phi) is 5.46. The summed E-state index contributed by atoms with van der Waals surface area (Å²) in [5.41, 5.74) is -0.0120. The Morgan fingerprint density at radius 3 is 2.54 bits per heavy atom. The molecule has 0 aliphatic carbocycles. The number of sulfonamides is 1. The number of hydrogen-bond acceptors (Lipinski definition) is 6. The molecule has 0 amide bonds. The summed E-state index contributed by atoms with van der Waals surface area (Å²) < 4.78 is 31.6. The molecule has 0 saturated carbocycles. The van der Waals surface area contributed by atoms with Crippen molar-refractivity contribution in [1.82, 2.24) is 0 Å². The van der Waals surface area contributed by atoms with Crippen LogP contribution in [0.15, 0.2) is 47.4 Å². The predicted molar refractivity (Wildman–Crippen MR) is 93.0 cm³/mol. The van der Waals surface area contributed by atoms with E-state index in [1.165, 1.54) is 44.4 Å². The first kappa shape index (κ1) is 19.2. The van der Waals surface area contributed by atoms with E-state index in [9.17, 15) is 23.3 Å². The Hall–Kier alpha value is -3.14. The first-order valence-corrected chi connectivity index (χ1v) is 8.74. The summed E-state index contributed by atoms with van der Waals surface area (Å²) in [6.07, 6.45) is 0. The van der Waals surface area contributed by atoms with Crippen LogP contribution in [0.2, 0.25) is 0 Å². The van der Waals surface area contributed by atoms with Crippen LogP contribution in [0.1, 0.15) is 5.56 Å². The molecular weight excluding hydrogens is 364 g/mol. The number of nitro benzene ring substituents is 1. The highest BCUT2D eigenvalue weighted by Gasteiger charge is 2.29. The number of carboxylic acid groups (broad SMARTS) is 1. The highest BCUT2D eigenvalue weighted by Crippen LogP contribution is 2.29. The van der Waals surface area contributed by atoms with E-state index in [0.29, 0.717) is 15.6 Å². The molecule has 0 atom stereocenters. The first-order chi connectivity index (χ1) is 12.2. The van der Waals surface area contributed by atoms with Gasteiger partial charge < -0.3 is 9.84 Å². The van der Waals surface area contributed by atoms with Crippen molar-refractivity contribution in [2.75, 3.05) is 18.0 Å². The molecule has 0 saturated heterocycles. The monoisotopic (exact) mass is 380 g/mol. The van der Waals surface area contributed by atoms with Crippen LogP contribution in [-0.2, 0) is 14.8 Å². The van der Waals surface area contributed by atoms with Gasteiger partial charge in [-0.2, -0.15) is 0 Å². The minimum Gasteiger partial charge on any atom is -0.497 e. The standard InChI is InChI=1S/C16H16N2O7S/c1-11-6-7-14(9-15(11)18(21)22)26(23,24)17(10-16(19)20)12-4-3-5-13(8-12)25-2/h3-9H,10H2,1-2H3,(H,19,20). The number of ether oxygens (including phenoxy) is 1. The molecule has 0 bridgehead atoms. The molecule has 0 heterocycles. The molecule has 0 unspecified atom stereocenters. The molecular formula is C16H16N2O7S. The van der Waals surface area contributed by atoms with Gasteiger partial charge in [0.2, 0.25) is 0 Å². The number of nitrogens with zero attached hydrogens (tertiary/aromatic N) is 2. The van der Waals surface area contributed by atoms with Crippen LogP contribution in [0, 0.1) is 17.0 Å². The molecule has 2 aromatic carbocycles. The molecule has 0 aromatic heterocycles. The number of hydrogen-bond donors (Lipinski definition) is 1. The number of aryl methyl sites for hydroxylation is 1. The second kappa shape index (κ2) is 7.40. The molecule has 10 heteroatoms. The van der Waals surface area contributed by atoms with Gasteiger partial charge in [0.05, 0.1) is 22.6 Å². The Balaban J connectivity index is 2.61. The molecule has 2 aromatic rings. The summed E-state index contributed by atoms with van der Waals surface area (Å²) >= 11 is 0. The number of benzene rings is 2. The molecule has 9 nitrogen and oxygen atoms in total. The van der Waals surface area contributed by atoms with Crippen LogP contribution in [0.3, 0.4) is 0 Å². The predicted octanol–water partition coefficient (Wildman–Crippen LogP) is 2.19. The number of nitro groups is 1. The minimum atomic E-state index is -4.35. The van der Waals surface area contributed by atoms with Gasteiger partial charge in [-0.25, -0.2) is 8.42 Å². The fourth-order valence-corrected chi connectivity index (χ4v) is 3.70. The average Bonchev–Trinajstić information content (AvgIpc) is 2.59. The van der Waals surface area contributed by atoms with Gasteiger partial charge in [-0.05, 0) is 25.1 Å². The molecule has 1 N–H and O–H groups in total. The maximum atomic E-state index is 13.0. The normalized spacial score (nSPS) is 11.0. The minimum absolute atomic E-state index is 0.0648. The third kappa shape index (κ3) is 3.91. The lowest BCUT2D eigenvalue weighted by Gasteiger charge is -2.23. The second-order valence-corrected chi connectivity index (χ2v) is 7.17. The number of carboxylic acids is 1. The first-order valence-electron chi connectivity index (χ1n) is 7.30. The number of rotatable bonds is 7. The van der Waals surface area contributed by atoms with E-state index in [4.69, 9.17) is 9.84 Å². The van der Waals surface area contributed by atoms with E-state index >= 15 is 0 Å². The van der Waals surface area contributed by atoms with Gasteiger partial charge in [-0.15, -0.1) is 0 Å². The molecule has 0 spiro atoms. The second-order valence-electron chi connectivity index (χ2n) is 5.31. The van der Waals surface area contributed by atoms with Crippen molar-refractivity contribution < 1.29 is 28.0 Å². The number of methoxy groups -OCH3 is 1. The highest BCUT2D eigenvalue weighted by molar-refractivity contribution is 7.92. The molecule has 0 aliphatic heterocycles. The van der Waals surface area contributed by atoms with Crippen molar-refractivity contribution in [3.05, 3.63) is 58.1 Å². The zero-order chi connectivity index (χ0) is 19.5. The Morgan fingerprint density at radius 1 is 1.27 bits per heavy atom. The van der Waals surface area contributed by atoms with Crippen molar-refractivity contribution >= 4 is 27.4 Å². The van der Waals surface area contributed by atoms with Gasteiger partial charge in [0.1, 0.15) is 12.3 Å². The van der Waals surface area contributed by atoms with Crippen molar-refractivity contribution in [2.45, 2.75) is 11.8 Å². The van der Waals surface area contributed by atoms with Crippen LogP contribution in [0.4, 0.5) is 11.4 Å². The van der Waals surface area contributed by atoms with Crippen molar-refractivity contribution in [3.8, 4) is 5.75 Å². The molecule has 0 fully saturated rings. The molecule has 26 heavy (non-hydrogen) atoms. The van der Waals surface area contributed by atoms with Crippen LogP contribution in [0.25, 0.3) is 0 Å². The topological polar surface area (TPSA) is 127 Å². The van der Waals surface area contributed by atoms with Gasteiger partial charge in [0, 0.05) is 17.7 Å². The molecule has 2 rings (SSSR count). The number of carbonyl (C=O) groups is 1. The van der Waals surface area contributed by atoms with E-state index in [1.54, 1.807) is 6.07 Å². The van der Waals surface area contributed by atoms with Gasteiger partial charge in [0.15, 0.2) is 0 Å². The van der Waals surface area contributed by atoms with Crippen molar-refractivity contribution in [3.63, 3.8) is 0 Å². The van der Waals surface area contributed by atoms with E-state index < -0.39 is 27.5 Å². The zero-order valence-corrected chi connectivity index (χ0v) is 14.8. The summed E-state index contributed by atoms with van der Waals surface area (Å²) in [6.45, 7) is 0.628. The van der Waals surface area contributed by atoms with Gasteiger partial charge in [-0.3, -0.25) is 19.2 Å². The molecule has 0 radical (unpaired) electrons. The third-order valence-electron chi connectivity index (χ3n) is 3.59. The maximum Gasteiger partial charge on any atom is 0.324 e. The van der Waals surface area contributed by atoms with E-state index in [2.05, 4.69) is 0 Å². The maximum absolute atomic E-state index is 13.0. The molecule has 0 aliphatic rings. The highest BCUT2D eigenvalue weighted by atomic mass is 32.2. The summed E-state index contributed by atoms with van der Waals surface area (Å²) in [5, 5.41) is 20.2. The van der Waals surface area contributed by atoms with Gasteiger partial charge in [0.25, 0.3) is 15.7 Å². The van der Waals surface area contributed by atoms with Gasteiger partial charge in [-0.1, -0.05) is 12.1 Å². The quantitative estimate of drug-likeness (QED) is 0.576. The van der Waals surface area contributed by atoms with Crippen LogP contribution in [0.5, 0.6) is 5.75 Å². The van der Waals surface area contributed by atoms with Crippen molar-refractivity contribution in [2.24, 2.45) is 0 Å². The lowest BCUT2D eigenvalue weighted by molar-refractivity contribution is -0.385. The number of aliphatic carboxylic acids is 1. The van der Waals surface area contributed by atoms with E-state index in [0.717, 1.165) is 6.07 Å². The fourth-order valence-electron chi connectivity index (χ4n) is 2.28. The Bertz CT molecular complexity index is 957. The van der Waals surface area contributed by atoms with Crippen LogP contribution in [-0.4, -0.2) is 38.1 Å². The van der Waals surface area contributed by atoms with Crippen LogP contribution < -0.4 is 9.04 Å². The van der Waals surface area contributed by atoms with Crippen molar-refractivity contribution in [1.29, 1.82) is 0 Å². The summed E-state index contributed by atoms with van der Waals surface area (Å²) in [7, 11) is -2.97. The summed E-state index contributed by atoms with van der Waals surface area (Å²) in [6, 6.07) is 9.28. The summed E-state index contributed by atoms with van der Waals surface area (Å²) in [4.78, 5) is 21.2. The number of anilines is 1. The Morgan fingerprint density at radius 2 is 1.96 bits per heavy atom. The SMILES string of the molecule is COc1cccc(N(CC(=O)O)S(=O)(=O)c2ccc(C)c([N+](=O)[O-])c2)c1. The lowest BCUT2D eigenvalue weighted by atomic mass is 10.2. The average molecular weight is 380 g/mol. The molecule has 138 valence electrons. The Labute approximate surface area is 149 Å². The zero-order valence-electron chi connectivity index (χ0n) is 13.9. The van der Waals surface area contributed by atoms with E-state index in [-0.39, 0.29) is 16.3 Å². The largest absolute Gasteiger partial charge is 0.497 e. The van der Waals surface area contributed by atoms with Crippen LogP contribution >= 0.6 is 0 Å². The third-order valence-corrected chi connectivity index (χ3v) is 5.36. The lowest BCUT2D eigenvalue weighted by Crippen LogP contribution is -2.35. The van der Waals surface area contributed by atoms with Gasteiger partial charge >= 0.3 is 5.97 Å². The van der Waals surface area contributed by atoms with E-state index in [1.807, 2.05) is 0 Å². The smallest absolute Gasteiger partial charge is 0.324 e.